The minimum Gasteiger partial charge on any atom is -0.379 e. The minimum atomic E-state index is -0.661. The predicted molar refractivity (Wildman–Crippen MR) is 70.1 cm³/mol. The zero-order valence-corrected chi connectivity index (χ0v) is 11.5. The summed E-state index contributed by atoms with van der Waals surface area (Å²) >= 11 is 0. The third-order valence-corrected chi connectivity index (χ3v) is 3.58. The Hall–Kier alpha value is -1.53. The van der Waals surface area contributed by atoms with Gasteiger partial charge in [0.1, 0.15) is 11.6 Å². The van der Waals surface area contributed by atoms with Gasteiger partial charge in [-0.3, -0.25) is 4.79 Å². The van der Waals surface area contributed by atoms with Crippen molar-refractivity contribution in [3.63, 3.8) is 0 Å². The lowest BCUT2D eigenvalue weighted by atomic mass is 10.0. The maximum atomic E-state index is 13.6. The van der Waals surface area contributed by atoms with Crippen LogP contribution in [0.1, 0.15) is 18.5 Å². The molecule has 3 atom stereocenters. The van der Waals surface area contributed by atoms with Crippen LogP contribution in [-0.2, 0) is 9.53 Å². The van der Waals surface area contributed by atoms with Gasteiger partial charge in [-0.15, -0.1) is 0 Å². The van der Waals surface area contributed by atoms with E-state index < -0.39 is 17.7 Å². The number of halogens is 2. The lowest BCUT2D eigenvalue weighted by molar-refractivity contribution is -0.126. The number of carbonyl (C=O) groups is 1. The molecule has 0 radical (unpaired) electrons. The normalized spacial score (nSPS) is 23.6. The van der Waals surface area contributed by atoms with Gasteiger partial charge in [-0.25, -0.2) is 8.78 Å². The molecule has 0 bridgehead atoms. The molecule has 4 nitrogen and oxygen atoms in total. The molecule has 1 aromatic rings. The molecule has 1 aliphatic heterocycles. The van der Waals surface area contributed by atoms with Gasteiger partial charge >= 0.3 is 0 Å². The summed E-state index contributed by atoms with van der Waals surface area (Å²) in [6.07, 6.45) is 0. The Bertz CT molecular complexity index is 496. The van der Waals surface area contributed by atoms with Crippen molar-refractivity contribution >= 4 is 5.91 Å². The molecule has 0 aromatic heterocycles. The van der Waals surface area contributed by atoms with Crippen LogP contribution in [0.3, 0.4) is 0 Å². The maximum Gasteiger partial charge on any atom is 0.227 e. The number of amides is 1. The number of benzene rings is 1. The highest BCUT2D eigenvalue weighted by Gasteiger charge is 2.33. The lowest BCUT2D eigenvalue weighted by Gasteiger charge is -2.20. The van der Waals surface area contributed by atoms with Crippen LogP contribution >= 0.6 is 0 Å². The average molecular weight is 284 g/mol. The van der Waals surface area contributed by atoms with E-state index in [9.17, 15) is 13.6 Å². The monoisotopic (exact) mass is 284 g/mol. The van der Waals surface area contributed by atoms with Gasteiger partial charge in [0.05, 0.1) is 25.2 Å². The molecular formula is C14H18F2N2O2. The van der Waals surface area contributed by atoms with Gasteiger partial charge in [-0.05, 0) is 20.0 Å². The smallest absolute Gasteiger partial charge is 0.227 e. The highest BCUT2D eigenvalue weighted by molar-refractivity contribution is 5.80. The van der Waals surface area contributed by atoms with Crippen molar-refractivity contribution in [2.45, 2.75) is 19.0 Å². The van der Waals surface area contributed by atoms with Crippen LogP contribution in [0.4, 0.5) is 8.78 Å². The van der Waals surface area contributed by atoms with Gasteiger partial charge in [0.2, 0.25) is 5.91 Å². The fourth-order valence-corrected chi connectivity index (χ4v) is 2.35. The Morgan fingerprint density at radius 2 is 2.15 bits per heavy atom. The van der Waals surface area contributed by atoms with Gasteiger partial charge < -0.3 is 15.4 Å². The van der Waals surface area contributed by atoms with Gasteiger partial charge in [0.15, 0.2) is 0 Å². The largest absolute Gasteiger partial charge is 0.379 e. The number of hydrogen-bond acceptors (Lipinski definition) is 3. The third kappa shape index (κ3) is 3.13. The van der Waals surface area contributed by atoms with Crippen LogP contribution in [0.15, 0.2) is 18.2 Å². The molecule has 0 aliphatic carbocycles. The summed E-state index contributed by atoms with van der Waals surface area (Å²) in [5.41, 5.74) is 0.264. The molecule has 2 N–H and O–H groups in total. The molecule has 20 heavy (non-hydrogen) atoms. The van der Waals surface area contributed by atoms with E-state index in [1.807, 2.05) is 0 Å². The standard InChI is InChI=1S/C14H18F2N2O2/c1-8(10-4-3-9(15)5-12(10)16)18-14(19)11-6-20-7-13(11)17-2/h3-5,8,11,13,17H,6-7H2,1-2H3,(H,18,19). The summed E-state index contributed by atoms with van der Waals surface area (Å²) in [4.78, 5) is 12.1. The molecular weight excluding hydrogens is 266 g/mol. The van der Waals surface area contributed by atoms with Crippen LogP contribution in [0, 0.1) is 17.6 Å². The van der Waals surface area contributed by atoms with Gasteiger partial charge in [-0.1, -0.05) is 6.07 Å². The lowest BCUT2D eigenvalue weighted by Crippen LogP contribution is -2.43. The fourth-order valence-electron chi connectivity index (χ4n) is 2.35. The highest BCUT2D eigenvalue weighted by Crippen LogP contribution is 2.20. The molecule has 1 amide bonds. The van der Waals surface area contributed by atoms with E-state index in [1.54, 1.807) is 14.0 Å². The van der Waals surface area contributed by atoms with Crippen LogP contribution in [0.2, 0.25) is 0 Å². The van der Waals surface area contributed by atoms with E-state index >= 15 is 0 Å². The molecule has 1 fully saturated rings. The Kier molecular flexibility index (Phi) is 4.67. The van der Waals surface area contributed by atoms with Crippen LogP contribution in [-0.4, -0.2) is 32.2 Å². The number of rotatable bonds is 4. The van der Waals surface area contributed by atoms with E-state index in [-0.39, 0.29) is 23.4 Å². The maximum absolute atomic E-state index is 13.6. The molecule has 2 rings (SSSR count). The second-order valence-corrected chi connectivity index (χ2v) is 4.94. The SMILES string of the molecule is CNC1COCC1C(=O)NC(C)c1ccc(F)cc1F. The van der Waals surface area contributed by atoms with E-state index in [2.05, 4.69) is 10.6 Å². The van der Waals surface area contributed by atoms with E-state index in [0.29, 0.717) is 13.2 Å². The summed E-state index contributed by atoms with van der Waals surface area (Å²) in [6, 6.07) is 2.76. The minimum absolute atomic E-state index is 0.0414. The van der Waals surface area contributed by atoms with E-state index in [4.69, 9.17) is 4.74 Å². The molecule has 1 saturated heterocycles. The summed E-state index contributed by atoms with van der Waals surface area (Å²) in [5.74, 6) is -1.79. The number of nitrogens with one attached hydrogen (secondary N) is 2. The summed E-state index contributed by atoms with van der Waals surface area (Å²) in [6.45, 7) is 2.49. The number of ether oxygens (including phenoxy) is 1. The molecule has 0 saturated carbocycles. The number of likely N-dealkylation sites (N-methyl/N-ethyl adjacent to an activating group) is 1. The zero-order valence-electron chi connectivity index (χ0n) is 11.5. The molecule has 1 aliphatic rings. The van der Waals surface area contributed by atoms with Gasteiger partial charge in [0, 0.05) is 17.7 Å². The van der Waals surface area contributed by atoms with Gasteiger partial charge in [-0.2, -0.15) is 0 Å². The highest BCUT2D eigenvalue weighted by atomic mass is 19.1. The Morgan fingerprint density at radius 3 is 2.80 bits per heavy atom. The van der Waals surface area contributed by atoms with Crippen LogP contribution < -0.4 is 10.6 Å². The number of hydrogen-bond donors (Lipinski definition) is 2. The number of carbonyl (C=O) groups excluding carboxylic acids is 1. The van der Waals surface area contributed by atoms with E-state index in [1.165, 1.54) is 12.1 Å². The van der Waals surface area contributed by atoms with Crippen LogP contribution in [0.25, 0.3) is 0 Å². The predicted octanol–water partition coefficient (Wildman–Crippen LogP) is 1.38. The Labute approximate surface area is 116 Å². The van der Waals surface area contributed by atoms with Crippen molar-refractivity contribution in [1.82, 2.24) is 10.6 Å². The molecule has 110 valence electrons. The van der Waals surface area contributed by atoms with Crippen molar-refractivity contribution in [2.24, 2.45) is 5.92 Å². The molecule has 0 spiro atoms. The summed E-state index contributed by atoms with van der Waals surface area (Å²) in [7, 11) is 1.77. The third-order valence-electron chi connectivity index (χ3n) is 3.58. The zero-order chi connectivity index (χ0) is 14.7. The fraction of sp³-hybridized carbons (Fsp3) is 0.500. The van der Waals surface area contributed by atoms with Crippen molar-refractivity contribution in [1.29, 1.82) is 0 Å². The van der Waals surface area contributed by atoms with Crippen LogP contribution in [0.5, 0.6) is 0 Å². The van der Waals surface area contributed by atoms with Crippen molar-refractivity contribution in [2.75, 3.05) is 20.3 Å². The molecule has 6 heteroatoms. The second kappa shape index (κ2) is 6.28. The molecule has 1 heterocycles. The first-order valence-corrected chi connectivity index (χ1v) is 6.53. The Morgan fingerprint density at radius 1 is 1.40 bits per heavy atom. The first-order chi connectivity index (χ1) is 9.52. The summed E-state index contributed by atoms with van der Waals surface area (Å²) < 4.78 is 31.8. The topological polar surface area (TPSA) is 50.4 Å². The van der Waals surface area contributed by atoms with Crippen molar-refractivity contribution in [3.8, 4) is 0 Å². The van der Waals surface area contributed by atoms with Crippen molar-refractivity contribution < 1.29 is 18.3 Å². The van der Waals surface area contributed by atoms with Crippen molar-refractivity contribution in [3.05, 3.63) is 35.4 Å². The quantitative estimate of drug-likeness (QED) is 0.878. The van der Waals surface area contributed by atoms with E-state index in [0.717, 1.165) is 6.07 Å². The first kappa shape index (κ1) is 14.9. The average Bonchev–Trinajstić information content (AvgIpc) is 2.86. The first-order valence-electron chi connectivity index (χ1n) is 6.53. The Balaban J connectivity index is 2.03. The second-order valence-electron chi connectivity index (χ2n) is 4.94. The van der Waals surface area contributed by atoms with Gasteiger partial charge in [0.25, 0.3) is 0 Å². The molecule has 3 unspecified atom stereocenters. The summed E-state index contributed by atoms with van der Waals surface area (Å²) in [5, 5.41) is 5.76. The molecule has 1 aromatic carbocycles.